The maximum Gasteiger partial charge on any atom is 0.0362 e. The normalized spacial score (nSPS) is 19.5. The lowest BCUT2D eigenvalue weighted by Crippen LogP contribution is -2.12. The summed E-state index contributed by atoms with van der Waals surface area (Å²) in [5, 5.41) is 22.2. The van der Waals surface area contributed by atoms with Gasteiger partial charge >= 0.3 is 0 Å². The molecule has 0 radical (unpaired) electrons. The van der Waals surface area contributed by atoms with Crippen molar-refractivity contribution in [2.75, 3.05) is 0 Å². The molecule has 2 aliphatic carbocycles. The van der Waals surface area contributed by atoms with Crippen molar-refractivity contribution < 1.29 is 0 Å². The minimum atomic E-state index is 0.726. The van der Waals surface area contributed by atoms with Crippen molar-refractivity contribution in [1.82, 2.24) is 0 Å². The van der Waals surface area contributed by atoms with E-state index >= 15 is 0 Å². The van der Waals surface area contributed by atoms with Crippen LogP contribution in [0, 0.1) is 5.92 Å². The third-order valence-electron chi connectivity index (χ3n) is 9.95. The molecule has 168 valence electrons. The lowest BCUT2D eigenvalue weighted by Gasteiger charge is -2.25. The maximum absolute atomic E-state index is 2.64. The lowest BCUT2D eigenvalue weighted by atomic mass is 9.81. The lowest BCUT2D eigenvalue weighted by molar-refractivity contribution is 1.05. The van der Waals surface area contributed by atoms with Crippen LogP contribution in [0.15, 0.2) is 66.7 Å². The highest BCUT2D eigenvalue weighted by atomic mass is 32.1. The van der Waals surface area contributed by atoms with Gasteiger partial charge in [0.15, 0.2) is 0 Å². The number of hydrogen-bond acceptors (Lipinski definition) is 2. The molecule has 0 aliphatic heterocycles. The largest absolute Gasteiger partial charge is 0.135 e. The van der Waals surface area contributed by atoms with E-state index in [9.17, 15) is 0 Å². The molecule has 2 heteroatoms. The molecule has 0 N–H and O–H groups in total. The summed E-state index contributed by atoms with van der Waals surface area (Å²) in [5.74, 6) is 1.46. The Morgan fingerprint density at radius 3 is 1.92 bits per heavy atom. The fraction of sp³-hybridized carbons (Fsp3) is 0.0857. The highest BCUT2D eigenvalue weighted by Gasteiger charge is 2.41. The molecule has 1 saturated carbocycles. The highest BCUT2D eigenvalue weighted by Crippen LogP contribution is 2.58. The zero-order valence-corrected chi connectivity index (χ0v) is 21.2. The summed E-state index contributed by atoms with van der Waals surface area (Å²) < 4.78 is 5.71. The molecule has 10 aromatic rings. The van der Waals surface area contributed by atoms with Crippen LogP contribution >= 0.6 is 22.7 Å². The molecule has 2 aliphatic rings. The van der Waals surface area contributed by atoms with E-state index in [4.69, 9.17) is 0 Å². The molecule has 0 bridgehead atoms. The molecule has 2 unspecified atom stereocenters. The standard InChI is InChI=1S/C35H16S2/c1-2-14-4-8-22-30-26(14)16(3-1)17-5-9-24-32-28(17)34(30)33-25(36-22)11-7-19-21-13-15-12-20(15)18-6-10-23(37-24)31(27(18)21)35(32)29(19)33/h1-11,13,15,20H,12H2. The molecule has 37 heavy (non-hydrogen) atoms. The van der Waals surface area contributed by atoms with Crippen molar-refractivity contribution in [3.8, 4) is 0 Å². The molecule has 0 spiro atoms. The van der Waals surface area contributed by atoms with E-state index in [2.05, 4.69) is 72.8 Å². The van der Waals surface area contributed by atoms with Gasteiger partial charge in [-0.05, 0) is 85.6 Å². The number of fused-ring (bicyclic) bond motifs is 4. The van der Waals surface area contributed by atoms with Crippen LogP contribution in [0.2, 0.25) is 0 Å². The fourth-order valence-corrected chi connectivity index (χ4v) is 10.8. The molecule has 2 aromatic heterocycles. The monoisotopic (exact) mass is 500 g/mol. The third-order valence-corrected chi connectivity index (χ3v) is 12.2. The third kappa shape index (κ3) is 1.69. The van der Waals surface area contributed by atoms with E-state index in [0.29, 0.717) is 0 Å². The number of hydrogen-bond donors (Lipinski definition) is 0. The van der Waals surface area contributed by atoms with Crippen LogP contribution in [-0.2, 0) is 0 Å². The minimum absolute atomic E-state index is 0.726. The van der Waals surface area contributed by atoms with Gasteiger partial charge in [-0.1, -0.05) is 48.5 Å². The topological polar surface area (TPSA) is 0 Å². The summed E-state index contributed by atoms with van der Waals surface area (Å²) in [6, 6.07) is 26.2. The molecule has 12 rings (SSSR count). The zero-order chi connectivity index (χ0) is 23.3. The summed E-state index contributed by atoms with van der Waals surface area (Å²) in [7, 11) is 0. The predicted octanol–water partition coefficient (Wildman–Crippen LogP) is 10.1. The van der Waals surface area contributed by atoms with Crippen molar-refractivity contribution in [2.24, 2.45) is 5.92 Å². The fourth-order valence-electron chi connectivity index (χ4n) is 8.52. The smallest absolute Gasteiger partial charge is 0.0362 e. The average Bonchev–Trinajstić information content (AvgIpc) is 3.73. The second-order valence-corrected chi connectivity index (χ2v) is 13.7. The first-order valence-corrected chi connectivity index (χ1v) is 14.9. The van der Waals surface area contributed by atoms with Crippen LogP contribution < -0.4 is 5.22 Å². The van der Waals surface area contributed by atoms with Gasteiger partial charge in [0, 0.05) is 61.9 Å². The summed E-state index contributed by atoms with van der Waals surface area (Å²) in [6.07, 6.45) is 3.95. The first-order valence-electron chi connectivity index (χ1n) is 13.3. The van der Waals surface area contributed by atoms with Crippen LogP contribution in [0.3, 0.4) is 0 Å². The van der Waals surface area contributed by atoms with Crippen molar-refractivity contribution in [3.05, 3.63) is 77.5 Å². The molecular weight excluding hydrogens is 485 g/mol. The molecule has 2 heterocycles. The average molecular weight is 501 g/mol. The molecule has 0 amide bonds. The Morgan fingerprint density at radius 2 is 1.11 bits per heavy atom. The highest BCUT2D eigenvalue weighted by molar-refractivity contribution is 7.26. The SMILES string of the molecule is C1=c2c3ccc4sc5ccc6cccc7c8ccc9sc%10ccc(c2c%10c2c9c8c(c5c67)c4c32)C2CC12. The maximum atomic E-state index is 2.64. The van der Waals surface area contributed by atoms with E-state index in [0.717, 1.165) is 11.8 Å². The molecule has 1 fully saturated rings. The van der Waals surface area contributed by atoms with Gasteiger partial charge < -0.3 is 0 Å². The Hall–Kier alpha value is -3.72. The van der Waals surface area contributed by atoms with Gasteiger partial charge in [-0.3, -0.25) is 0 Å². The molecular formula is C35H16S2. The van der Waals surface area contributed by atoms with Crippen LogP contribution in [0.25, 0.3) is 100 Å². The Bertz CT molecular complexity index is 2720. The summed E-state index contributed by atoms with van der Waals surface area (Å²) in [5.41, 5.74) is 1.60. The van der Waals surface area contributed by atoms with Gasteiger partial charge in [0.1, 0.15) is 0 Å². The van der Waals surface area contributed by atoms with Crippen LogP contribution in [-0.4, -0.2) is 0 Å². The van der Waals surface area contributed by atoms with E-state index in [1.54, 1.807) is 10.9 Å². The Labute approximate surface area is 218 Å². The summed E-state index contributed by atoms with van der Waals surface area (Å²) in [6.45, 7) is 0. The van der Waals surface area contributed by atoms with E-state index in [1.165, 1.54) is 100 Å². The second-order valence-electron chi connectivity index (χ2n) is 11.5. The van der Waals surface area contributed by atoms with Gasteiger partial charge in [-0.2, -0.15) is 0 Å². The van der Waals surface area contributed by atoms with E-state index < -0.39 is 0 Å². The Kier molecular flexibility index (Phi) is 2.53. The minimum Gasteiger partial charge on any atom is -0.135 e. The van der Waals surface area contributed by atoms with Crippen LogP contribution in [0.5, 0.6) is 0 Å². The van der Waals surface area contributed by atoms with Gasteiger partial charge in [0.25, 0.3) is 0 Å². The zero-order valence-electron chi connectivity index (χ0n) is 19.6. The summed E-state index contributed by atoms with van der Waals surface area (Å²) >= 11 is 3.98. The van der Waals surface area contributed by atoms with Crippen LogP contribution in [0.1, 0.15) is 17.9 Å². The number of rotatable bonds is 0. The molecule has 2 atom stereocenters. The van der Waals surface area contributed by atoms with E-state index in [-0.39, 0.29) is 0 Å². The predicted molar refractivity (Wildman–Crippen MR) is 164 cm³/mol. The Balaban J connectivity index is 1.59. The van der Waals surface area contributed by atoms with Crippen molar-refractivity contribution in [2.45, 2.75) is 12.3 Å². The van der Waals surface area contributed by atoms with Crippen molar-refractivity contribution in [3.63, 3.8) is 0 Å². The molecule has 0 saturated heterocycles. The first kappa shape index (κ1) is 17.7. The Morgan fingerprint density at radius 1 is 0.486 bits per heavy atom. The first-order chi connectivity index (χ1) is 18.3. The summed E-state index contributed by atoms with van der Waals surface area (Å²) in [4.78, 5) is 0. The van der Waals surface area contributed by atoms with Gasteiger partial charge in [-0.25, -0.2) is 0 Å². The van der Waals surface area contributed by atoms with Crippen molar-refractivity contribution >= 4 is 123 Å². The molecule has 0 nitrogen and oxygen atoms in total. The van der Waals surface area contributed by atoms with Crippen LogP contribution in [0.4, 0.5) is 0 Å². The number of benzene rings is 8. The van der Waals surface area contributed by atoms with Gasteiger partial charge in [-0.15, -0.1) is 22.7 Å². The van der Waals surface area contributed by atoms with Crippen molar-refractivity contribution in [1.29, 1.82) is 0 Å². The van der Waals surface area contributed by atoms with Gasteiger partial charge in [0.2, 0.25) is 0 Å². The quantitative estimate of drug-likeness (QED) is 0.143. The molecule has 8 aromatic carbocycles. The van der Waals surface area contributed by atoms with E-state index in [1.807, 2.05) is 22.7 Å². The van der Waals surface area contributed by atoms with Gasteiger partial charge in [0.05, 0.1) is 0 Å². The second kappa shape index (κ2) is 5.29.